The summed E-state index contributed by atoms with van der Waals surface area (Å²) in [4.78, 5) is 25.8. The number of rotatable bonds is 32. The number of hydrogen-bond acceptors (Lipinski definition) is 7. The first-order valence-corrected chi connectivity index (χ1v) is 20.7. The summed E-state index contributed by atoms with van der Waals surface area (Å²) in [5, 5.41) is 0. The second-order valence-corrected chi connectivity index (χ2v) is 15.4. The number of hydrogen-bond donors (Lipinski definition) is 0. The Kier molecular flexibility index (Phi) is 31.1. The molecule has 0 saturated carbocycles. The highest BCUT2D eigenvalue weighted by atomic mass is 32.2. The van der Waals surface area contributed by atoms with Gasteiger partial charge in [-0.25, -0.2) is 0 Å². The third-order valence-corrected chi connectivity index (χ3v) is 10.7. The molecule has 4 unspecified atom stereocenters. The van der Waals surface area contributed by atoms with Crippen LogP contribution in [0.2, 0.25) is 0 Å². The maximum Gasteiger partial charge on any atom is 0.320 e. The predicted octanol–water partition coefficient (Wildman–Crippen LogP) is 12.9. The Balaban J connectivity index is 3.85. The van der Waals surface area contributed by atoms with E-state index in [9.17, 15) is 9.59 Å². The first-order chi connectivity index (χ1) is 21.3. The average molecular weight is 675 g/mol. The second kappa shape index (κ2) is 31.3. The molecule has 0 saturated heterocycles. The highest BCUT2D eigenvalue weighted by molar-refractivity contribution is 7.95. The Morgan fingerprint density at radius 1 is 0.523 bits per heavy atom. The predicted molar refractivity (Wildman–Crippen MR) is 199 cm³/mol. The van der Waals surface area contributed by atoms with Crippen molar-refractivity contribution in [2.45, 2.75) is 183 Å². The Hall–Kier alpha value is -0.270. The molecule has 0 aromatic rings. The van der Waals surface area contributed by atoms with Crippen LogP contribution in [0.15, 0.2) is 0 Å². The number of carbonyl (C=O) groups is 2. The molecule has 4 atom stereocenters. The number of carbonyl (C=O) groups excluding carboxylic acids is 2. The van der Waals surface area contributed by atoms with Gasteiger partial charge in [-0.3, -0.25) is 9.59 Å². The molecule has 0 aliphatic rings. The molecule has 260 valence electrons. The van der Waals surface area contributed by atoms with Crippen LogP contribution < -0.4 is 0 Å². The van der Waals surface area contributed by atoms with Gasteiger partial charge in [0, 0.05) is 11.5 Å². The van der Waals surface area contributed by atoms with Gasteiger partial charge in [0.2, 0.25) is 0 Å². The van der Waals surface area contributed by atoms with Crippen molar-refractivity contribution >= 4 is 53.1 Å². The van der Waals surface area contributed by atoms with Crippen molar-refractivity contribution in [2.75, 3.05) is 11.5 Å². The van der Waals surface area contributed by atoms with Gasteiger partial charge in [0.1, 0.15) is 0 Å². The van der Waals surface area contributed by atoms with Gasteiger partial charge >= 0.3 is 11.9 Å². The van der Waals surface area contributed by atoms with Crippen LogP contribution in [-0.4, -0.2) is 28.3 Å². The molecule has 0 amide bonds. The van der Waals surface area contributed by atoms with Crippen LogP contribution in [0.5, 0.6) is 0 Å². The molecule has 0 spiro atoms. The van der Waals surface area contributed by atoms with Crippen molar-refractivity contribution in [1.82, 2.24) is 0 Å². The van der Waals surface area contributed by atoms with Crippen LogP contribution in [0.1, 0.15) is 183 Å². The largest absolute Gasteiger partial charge is 0.391 e. The summed E-state index contributed by atoms with van der Waals surface area (Å²) in [5.74, 6) is 3.10. The minimum Gasteiger partial charge on any atom is -0.391 e. The van der Waals surface area contributed by atoms with E-state index < -0.39 is 0 Å². The van der Waals surface area contributed by atoms with Crippen LogP contribution in [0, 0.1) is 23.7 Å². The van der Waals surface area contributed by atoms with Gasteiger partial charge in [0.05, 0.1) is 35.9 Å². The molecule has 0 bridgehead atoms. The molecule has 0 rings (SSSR count). The molecule has 4 nitrogen and oxygen atoms in total. The lowest BCUT2D eigenvalue weighted by atomic mass is 9.92. The van der Waals surface area contributed by atoms with E-state index in [1.165, 1.54) is 114 Å². The minimum atomic E-state index is -0.106. The summed E-state index contributed by atoms with van der Waals surface area (Å²) in [6.45, 7) is 13.0. The lowest BCUT2D eigenvalue weighted by molar-refractivity contribution is -0.138. The van der Waals surface area contributed by atoms with E-state index >= 15 is 0 Å². The molecule has 0 aliphatic heterocycles. The quantitative estimate of drug-likeness (QED) is 0.0400. The van der Waals surface area contributed by atoms with Crippen LogP contribution >= 0.6 is 36.3 Å². The van der Waals surface area contributed by atoms with Crippen molar-refractivity contribution in [3.63, 3.8) is 0 Å². The summed E-state index contributed by atoms with van der Waals surface area (Å²) >= 11 is 8.24. The van der Waals surface area contributed by atoms with Crippen molar-refractivity contribution in [2.24, 2.45) is 23.7 Å². The summed E-state index contributed by atoms with van der Waals surface area (Å²) in [6.07, 6.45) is 25.6. The SMILES string of the molecule is CCCCC(CCC)CCCCSOC(=O)C(C)CCCC(=S)CCCC(C)C(=O)OSCCCCC(CCC)CCCC. The van der Waals surface area contributed by atoms with E-state index in [2.05, 4.69) is 27.7 Å². The van der Waals surface area contributed by atoms with Crippen molar-refractivity contribution in [3.8, 4) is 0 Å². The zero-order chi connectivity index (χ0) is 32.8. The van der Waals surface area contributed by atoms with Gasteiger partial charge in [-0.15, -0.1) is 0 Å². The third-order valence-electron chi connectivity index (χ3n) is 8.78. The molecular formula is C37H70O4S3. The summed E-state index contributed by atoms with van der Waals surface area (Å²) in [6, 6.07) is 0. The van der Waals surface area contributed by atoms with Gasteiger partial charge in [0.15, 0.2) is 0 Å². The Labute approximate surface area is 287 Å². The normalized spacial score (nSPS) is 14.1. The van der Waals surface area contributed by atoms with E-state index in [4.69, 9.17) is 20.6 Å². The molecule has 44 heavy (non-hydrogen) atoms. The first kappa shape index (κ1) is 43.7. The van der Waals surface area contributed by atoms with Crippen molar-refractivity contribution in [3.05, 3.63) is 0 Å². The summed E-state index contributed by atoms with van der Waals surface area (Å²) < 4.78 is 10.9. The fraction of sp³-hybridized carbons (Fsp3) is 0.919. The van der Waals surface area contributed by atoms with Crippen molar-refractivity contribution < 1.29 is 18.0 Å². The summed E-state index contributed by atoms with van der Waals surface area (Å²) in [5.41, 5.74) is 0. The zero-order valence-electron chi connectivity index (χ0n) is 29.6. The zero-order valence-corrected chi connectivity index (χ0v) is 32.1. The Bertz CT molecular complexity index is 646. The topological polar surface area (TPSA) is 52.6 Å². The number of thiocarbonyl (C=S) groups is 1. The van der Waals surface area contributed by atoms with Crippen LogP contribution in [0.4, 0.5) is 0 Å². The highest BCUT2D eigenvalue weighted by Gasteiger charge is 2.17. The van der Waals surface area contributed by atoms with Gasteiger partial charge in [-0.2, -0.15) is 0 Å². The van der Waals surface area contributed by atoms with E-state index in [1.807, 2.05) is 13.8 Å². The molecule has 7 heteroatoms. The standard InChI is InChI=1S/C37H70O4S3/c1-7-11-23-33(19-9-3)25-13-15-29-43-40-36(38)31(5)21-17-27-35(42)28-18-22-32(6)37(39)41-44-30-16-14-26-34(20-10-4)24-12-8-2/h31-34H,7-30H2,1-6H3. The molecule has 0 aromatic carbocycles. The average Bonchev–Trinajstić information content (AvgIpc) is 3.01. The molecule has 0 radical (unpaired) electrons. The molecular weight excluding hydrogens is 605 g/mol. The monoisotopic (exact) mass is 674 g/mol. The van der Waals surface area contributed by atoms with Gasteiger partial charge in [0.25, 0.3) is 0 Å². The van der Waals surface area contributed by atoms with Crippen LogP contribution in [0.25, 0.3) is 0 Å². The van der Waals surface area contributed by atoms with E-state index in [-0.39, 0.29) is 23.8 Å². The summed E-state index contributed by atoms with van der Waals surface area (Å²) in [7, 11) is 0. The Morgan fingerprint density at radius 2 is 0.909 bits per heavy atom. The Morgan fingerprint density at radius 3 is 1.27 bits per heavy atom. The highest BCUT2D eigenvalue weighted by Crippen LogP contribution is 2.24. The fourth-order valence-electron chi connectivity index (χ4n) is 5.79. The number of unbranched alkanes of at least 4 members (excludes halogenated alkanes) is 4. The van der Waals surface area contributed by atoms with Gasteiger partial charge in [-0.05, 0) is 68.1 Å². The molecule has 0 heterocycles. The van der Waals surface area contributed by atoms with E-state index in [1.54, 1.807) is 0 Å². The second-order valence-electron chi connectivity index (χ2n) is 13.2. The molecule has 0 aliphatic carbocycles. The van der Waals surface area contributed by atoms with Gasteiger partial charge < -0.3 is 8.37 Å². The van der Waals surface area contributed by atoms with E-state index in [0.29, 0.717) is 0 Å². The maximum absolute atomic E-state index is 12.4. The smallest absolute Gasteiger partial charge is 0.320 e. The first-order valence-electron chi connectivity index (χ1n) is 18.5. The van der Waals surface area contributed by atoms with Crippen molar-refractivity contribution in [1.29, 1.82) is 0 Å². The van der Waals surface area contributed by atoms with Crippen LogP contribution in [0.3, 0.4) is 0 Å². The fourth-order valence-corrected chi connectivity index (χ4v) is 7.45. The molecule has 0 fully saturated rings. The van der Waals surface area contributed by atoms with E-state index in [0.717, 1.165) is 79.6 Å². The lowest BCUT2D eigenvalue weighted by Crippen LogP contribution is -2.13. The molecule has 0 N–H and O–H groups in total. The minimum absolute atomic E-state index is 0.0978. The maximum atomic E-state index is 12.4. The van der Waals surface area contributed by atoms with Gasteiger partial charge in [-0.1, -0.05) is 144 Å². The lowest BCUT2D eigenvalue weighted by Gasteiger charge is -2.15. The molecule has 0 aromatic heterocycles. The van der Waals surface area contributed by atoms with Crippen LogP contribution in [-0.2, 0) is 18.0 Å². The third kappa shape index (κ3) is 25.9.